The molecule has 0 radical (unpaired) electrons. The first-order valence-corrected chi connectivity index (χ1v) is 6.32. The lowest BCUT2D eigenvalue weighted by molar-refractivity contribution is -0.384. The first-order valence-electron chi connectivity index (χ1n) is 6.32. The molecule has 1 atom stereocenters. The van der Waals surface area contributed by atoms with Crippen molar-refractivity contribution in [2.75, 3.05) is 33.5 Å². The Kier molecular flexibility index (Phi) is 7.74. The zero-order valence-electron chi connectivity index (χ0n) is 11.4. The Balaban J connectivity index is 2.23. The van der Waals surface area contributed by atoms with Gasteiger partial charge >= 0.3 is 0 Å². The lowest BCUT2D eigenvalue weighted by Crippen LogP contribution is -2.30. The fourth-order valence-corrected chi connectivity index (χ4v) is 1.58. The number of nitrogens with zero attached hydrogens (tertiary/aromatic N) is 1. The zero-order chi connectivity index (χ0) is 14.8. The van der Waals surface area contributed by atoms with Gasteiger partial charge in [-0.25, -0.2) is 0 Å². The number of nitrogens with one attached hydrogen (secondary N) is 1. The number of ether oxygens (including phenoxy) is 2. The molecule has 0 heterocycles. The number of nitro groups is 1. The van der Waals surface area contributed by atoms with Crippen LogP contribution in [0, 0.1) is 10.1 Å². The van der Waals surface area contributed by atoms with E-state index in [1.54, 1.807) is 19.2 Å². The van der Waals surface area contributed by atoms with Gasteiger partial charge in [-0.2, -0.15) is 0 Å². The molecule has 1 aromatic rings. The molecular formula is C13H20N2O5. The number of non-ortho nitro benzene ring substituents is 1. The first kappa shape index (κ1) is 16.5. The van der Waals surface area contributed by atoms with Gasteiger partial charge in [0.1, 0.15) is 0 Å². The molecule has 0 aliphatic carbocycles. The molecule has 1 unspecified atom stereocenters. The molecule has 7 nitrogen and oxygen atoms in total. The molecule has 0 saturated heterocycles. The van der Waals surface area contributed by atoms with E-state index < -0.39 is 11.0 Å². The summed E-state index contributed by atoms with van der Waals surface area (Å²) >= 11 is 0. The van der Waals surface area contributed by atoms with Crippen LogP contribution in [-0.4, -0.2) is 49.6 Å². The van der Waals surface area contributed by atoms with Crippen molar-refractivity contribution in [3.8, 4) is 0 Å². The highest BCUT2D eigenvalue weighted by atomic mass is 16.6. The Morgan fingerprint density at radius 2 is 2.25 bits per heavy atom. The van der Waals surface area contributed by atoms with Gasteiger partial charge in [0.05, 0.1) is 30.8 Å². The number of aliphatic hydroxyl groups excluding tert-OH is 1. The van der Waals surface area contributed by atoms with Crippen LogP contribution >= 0.6 is 0 Å². The Morgan fingerprint density at radius 1 is 1.45 bits per heavy atom. The highest BCUT2D eigenvalue weighted by molar-refractivity contribution is 5.34. The molecule has 0 fully saturated rings. The van der Waals surface area contributed by atoms with Gasteiger partial charge in [0.2, 0.25) is 0 Å². The van der Waals surface area contributed by atoms with Gasteiger partial charge in [-0.1, -0.05) is 12.1 Å². The molecule has 1 rings (SSSR count). The number of hydrogen-bond donors (Lipinski definition) is 2. The third kappa shape index (κ3) is 6.58. The fraction of sp³-hybridized carbons (Fsp3) is 0.538. The summed E-state index contributed by atoms with van der Waals surface area (Å²) in [5, 5.41) is 23.3. The van der Waals surface area contributed by atoms with E-state index in [0.717, 1.165) is 5.56 Å². The zero-order valence-corrected chi connectivity index (χ0v) is 11.4. The number of nitro benzene ring substituents is 1. The molecule has 0 aliphatic heterocycles. The average molecular weight is 284 g/mol. The normalized spacial score (nSPS) is 12.3. The van der Waals surface area contributed by atoms with Crippen molar-refractivity contribution in [1.29, 1.82) is 0 Å². The Labute approximate surface area is 117 Å². The van der Waals surface area contributed by atoms with Crippen LogP contribution in [0.2, 0.25) is 0 Å². The highest BCUT2D eigenvalue weighted by Gasteiger charge is 2.07. The van der Waals surface area contributed by atoms with Crippen molar-refractivity contribution in [3.63, 3.8) is 0 Å². The third-order valence-electron chi connectivity index (χ3n) is 2.57. The molecule has 0 aliphatic rings. The predicted octanol–water partition coefficient (Wildman–Crippen LogP) is 0.708. The SMILES string of the molecule is COCCOCC(O)CNCc1cccc([N+](=O)[O-])c1. The van der Waals surface area contributed by atoms with Crippen LogP contribution in [-0.2, 0) is 16.0 Å². The van der Waals surface area contributed by atoms with Gasteiger partial charge in [0, 0.05) is 32.3 Å². The van der Waals surface area contributed by atoms with Crippen LogP contribution < -0.4 is 5.32 Å². The van der Waals surface area contributed by atoms with Crippen molar-refractivity contribution in [1.82, 2.24) is 5.32 Å². The van der Waals surface area contributed by atoms with E-state index in [4.69, 9.17) is 9.47 Å². The average Bonchev–Trinajstić information content (AvgIpc) is 2.44. The summed E-state index contributed by atoms with van der Waals surface area (Å²) in [6, 6.07) is 6.39. The molecule has 1 aromatic carbocycles. The van der Waals surface area contributed by atoms with Crippen molar-refractivity contribution in [2.24, 2.45) is 0 Å². The summed E-state index contributed by atoms with van der Waals surface area (Å²) in [6.45, 7) is 1.98. The number of aliphatic hydroxyl groups is 1. The summed E-state index contributed by atoms with van der Waals surface area (Å²) in [5.74, 6) is 0. The summed E-state index contributed by atoms with van der Waals surface area (Å²) in [7, 11) is 1.58. The molecule has 2 N–H and O–H groups in total. The molecule has 0 amide bonds. The quantitative estimate of drug-likeness (QED) is 0.373. The molecule has 0 spiro atoms. The van der Waals surface area contributed by atoms with Crippen LogP contribution in [0.1, 0.15) is 5.56 Å². The summed E-state index contributed by atoms with van der Waals surface area (Å²) in [6.07, 6.45) is -0.620. The summed E-state index contributed by atoms with van der Waals surface area (Å²) in [5.41, 5.74) is 0.861. The molecule has 7 heteroatoms. The Bertz CT molecular complexity index is 414. The van der Waals surface area contributed by atoms with E-state index >= 15 is 0 Å². The van der Waals surface area contributed by atoms with Crippen molar-refractivity contribution >= 4 is 5.69 Å². The van der Waals surface area contributed by atoms with Crippen molar-refractivity contribution < 1.29 is 19.5 Å². The maximum atomic E-state index is 10.6. The molecule has 0 aromatic heterocycles. The van der Waals surface area contributed by atoms with Gasteiger partial charge in [0.25, 0.3) is 5.69 Å². The summed E-state index contributed by atoms with van der Waals surface area (Å²) < 4.78 is 10.0. The number of hydrogen-bond acceptors (Lipinski definition) is 6. The van der Waals surface area contributed by atoms with Crippen LogP contribution in [0.4, 0.5) is 5.69 Å². The number of methoxy groups -OCH3 is 1. The molecule has 20 heavy (non-hydrogen) atoms. The van der Waals surface area contributed by atoms with Crippen LogP contribution in [0.25, 0.3) is 0 Å². The largest absolute Gasteiger partial charge is 0.389 e. The topological polar surface area (TPSA) is 93.9 Å². The standard InChI is InChI=1S/C13H20N2O5/c1-19-5-6-20-10-13(16)9-14-8-11-3-2-4-12(7-11)15(17)18/h2-4,7,13-14,16H,5-6,8-10H2,1H3. The van der Waals surface area contributed by atoms with Crippen molar-refractivity contribution in [2.45, 2.75) is 12.6 Å². The Morgan fingerprint density at radius 3 is 2.95 bits per heavy atom. The van der Waals surface area contributed by atoms with E-state index in [2.05, 4.69) is 5.32 Å². The number of rotatable bonds is 10. The highest BCUT2D eigenvalue weighted by Crippen LogP contribution is 2.12. The maximum absolute atomic E-state index is 10.6. The smallest absolute Gasteiger partial charge is 0.269 e. The lowest BCUT2D eigenvalue weighted by Gasteiger charge is -2.12. The summed E-state index contributed by atoms with van der Waals surface area (Å²) in [4.78, 5) is 10.2. The maximum Gasteiger partial charge on any atom is 0.269 e. The van der Waals surface area contributed by atoms with Crippen LogP contribution in [0.5, 0.6) is 0 Å². The number of benzene rings is 1. The monoisotopic (exact) mass is 284 g/mol. The minimum Gasteiger partial charge on any atom is -0.389 e. The Hall–Kier alpha value is -1.54. The van der Waals surface area contributed by atoms with E-state index in [1.807, 2.05) is 0 Å². The third-order valence-corrected chi connectivity index (χ3v) is 2.57. The van der Waals surface area contributed by atoms with E-state index in [-0.39, 0.29) is 12.3 Å². The second-order valence-electron chi connectivity index (χ2n) is 4.28. The molecular weight excluding hydrogens is 264 g/mol. The predicted molar refractivity (Wildman–Crippen MR) is 73.5 cm³/mol. The molecule has 0 bridgehead atoms. The minimum atomic E-state index is -0.620. The lowest BCUT2D eigenvalue weighted by atomic mass is 10.2. The first-order chi connectivity index (χ1) is 9.63. The van der Waals surface area contributed by atoms with Gasteiger partial charge in [-0.3, -0.25) is 10.1 Å². The molecule has 0 saturated carbocycles. The molecule has 112 valence electrons. The second-order valence-corrected chi connectivity index (χ2v) is 4.28. The second kappa shape index (κ2) is 9.38. The van der Waals surface area contributed by atoms with Crippen LogP contribution in [0.3, 0.4) is 0 Å². The van der Waals surface area contributed by atoms with Gasteiger partial charge in [-0.05, 0) is 5.56 Å². The van der Waals surface area contributed by atoms with E-state index in [0.29, 0.717) is 26.3 Å². The van der Waals surface area contributed by atoms with E-state index in [9.17, 15) is 15.2 Å². The van der Waals surface area contributed by atoms with Crippen LogP contribution in [0.15, 0.2) is 24.3 Å². The van der Waals surface area contributed by atoms with Gasteiger partial charge < -0.3 is 19.9 Å². The van der Waals surface area contributed by atoms with Gasteiger partial charge in [0.15, 0.2) is 0 Å². The minimum absolute atomic E-state index is 0.0627. The van der Waals surface area contributed by atoms with E-state index in [1.165, 1.54) is 12.1 Å². The van der Waals surface area contributed by atoms with Gasteiger partial charge in [-0.15, -0.1) is 0 Å². The van der Waals surface area contributed by atoms with Crippen molar-refractivity contribution in [3.05, 3.63) is 39.9 Å². The fourth-order valence-electron chi connectivity index (χ4n) is 1.58.